The fourth-order valence-electron chi connectivity index (χ4n) is 1.81. The molecule has 0 bridgehead atoms. The number of carbonyl (C=O) groups is 1. The minimum Gasteiger partial charge on any atom is -0.462 e. The Bertz CT molecular complexity index is 647. The number of esters is 1. The highest BCUT2D eigenvalue weighted by molar-refractivity contribution is 6.31. The predicted molar refractivity (Wildman–Crippen MR) is 83.4 cm³/mol. The smallest absolute Gasteiger partial charge is 0.341 e. The summed E-state index contributed by atoms with van der Waals surface area (Å²) in [4.78, 5) is 16.1. The van der Waals surface area contributed by atoms with E-state index in [-0.39, 0.29) is 6.61 Å². The summed E-state index contributed by atoms with van der Waals surface area (Å²) < 4.78 is 5.00. The average Bonchev–Trinajstić information content (AvgIpc) is 2.47. The van der Waals surface area contributed by atoms with Gasteiger partial charge in [-0.15, -0.1) is 0 Å². The number of hydrogen-bond donors (Lipinski definition) is 2. The lowest BCUT2D eigenvalue weighted by Gasteiger charge is -2.11. The SMILES string of the molecule is CCOC(=O)c1cc(N)cnc1NCc1ccccc1Cl. The second kappa shape index (κ2) is 6.95. The Morgan fingerprint density at radius 3 is 2.90 bits per heavy atom. The fourth-order valence-corrected chi connectivity index (χ4v) is 2.01. The number of pyridine rings is 1. The number of anilines is 2. The number of nitrogen functional groups attached to an aromatic ring is 1. The molecule has 0 unspecified atom stereocenters. The molecule has 0 atom stereocenters. The zero-order valence-electron chi connectivity index (χ0n) is 11.6. The van der Waals surface area contributed by atoms with Gasteiger partial charge in [0.25, 0.3) is 0 Å². The molecule has 110 valence electrons. The first-order valence-corrected chi connectivity index (χ1v) is 6.89. The zero-order chi connectivity index (χ0) is 15.2. The number of benzene rings is 1. The number of hydrogen-bond acceptors (Lipinski definition) is 5. The van der Waals surface area contributed by atoms with Gasteiger partial charge in [-0.1, -0.05) is 29.8 Å². The van der Waals surface area contributed by atoms with Gasteiger partial charge in [0, 0.05) is 11.6 Å². The lowest BCUT2D eigenvalue weighted by Crippen LogP contribution is -2.12. The second-order valence-electron chi connectivity index (χ2n) is 4.33. The van der Waals surface area contributed by atoms with Crippen LogP contribution >= 0.6 is 11.6 Å². The molecule has 0 fully saturated rings. The number of nitrogens with zero attached hydrogens (tertiary/aromatic N) is 1. The first-order chi connectivity index (χ1) is 10.1. The van der Waals surface area contributed by atoms with Crippen LogP contribution in [0.3, 0.4) is 0 Å². The molecule has 2 rings (SSSR count). The summed E-state index contributed by atoms with van der Waals surface area (Å²) in [6.07, 6.45) is 1.48. The molecular formula is C15H16ClN3O2. The van der Waals surface area contributed by atoms with Crippen LogP contribution in [-0.4, -0.2) is 17.6 Å². The summed E-state index contributed by atoms with van der Waals surface area (Å²) in [6.45, 7) is 2.48. The highest BCUT2D eigenvalue weighted by Crippen LogP contribution is 2.20. The van der Waals surface area contributed by atoms with Crippen molar-refractivity contribution in [3.8, 4) is 0 Å². The minimum atomic E-state index is -0.459. The minimum absolute atomic E-state index is 0.289. The molecule has 0 aliphatic carbocycles. The lowest BCUT2D eigenvalue weighted by atomic mass is 10.2. The van der Waals surface area contributed by atoms with Crippen LogP contribution in [0.4, 0.5) is 11.5 Å². The second-order valence-corrected chi connectivity index (χ2v) is 4.74. The van der Waals surface area contributed by atoms with Gasteiger partial charge in [-0.3, -0.25) is 0 Å². The van der Waals surface area contributed by atoms with E-state index in [1.165, 1.54) is 6.20 Å². The van der Waals surface area contributed by atoms with Crippen LogP contribution < -0.4 is 11.1 Å². The summed E-state index contributed by atoms with van der Waals surface area (Å²) in [5.74, 6) is -0.0403. The number of rotatable bonds is 5. The molecular weight excluding hydrogens is 290 g/mol. The molecule has 1 heterocycles. The highest BCUT2D eigenvalue weighted by atomic mass is 35.5. The van der Waals surface area contributed by atoms with E-state index in [0.717, 1.165) is 5.56 Å². The molecule has 0 radical (unpaired) electrons. The third-order valence-corrected chi connectivity index (χ3v) is 3.18. The van der Waals surface area contributed by atoms with Gasteiger partial charge in [0.15, 0.2) is 0 Å². The van der Waals surface area contributed by atoms with Gasteiger partial charge in [-0.2, -0.15) is 0 Å². The van der Waals surface area contributed by atoms with Gasteiger partial charge in [0.2, 0.25) is 0 Å². The standard InChI is InChI=1S/C15H16ClN3O2/c1-2-21-15(20)12-7-11(17)9-19-14(12)18-8-10-5-3-4-6-13(10)16/h3-7,9H,2,8,17H2,1H3,(H,18,19). The van der Waals surface area contributed by atoms with Gasteiger partial charge in [-0.05, 0) is 24.6 Å². The molecule has 0 saturated carbocycles. The molecule has 1 aromatic heterocycles. The number of nitrogens with one attached hydrogen (secondary N) is 1. The van der Waals surface area contributed by atoms with Gasteiger partial charge in [0.1, 0.15) is 11.4 Å². The average molecular weight is 306 g/mol. The quantitative estimate of drug-likeness (QED) is 0.830. The molecule has 0 aliphatic rings. The van der Waals surface area contributed by atoms with E-state index in [0.29, 0.717) is 28.6 Å². The van der Waals surface area contributed by atoms with Crippen molar-refractivity contribution in [1.29, 1.82) is 0 Å². The normalized spacial score (nSPS) is 10.2. The maximum Gasteiger partial charge on any atom is 0.341 e. The Morgan fingerprint density at radius 1 is 1.43 bits per heavy atom. The van der Waals surface area contributed by atoms with Crippen molar-refractivity contribution in [1.82, 2.24) is 4.98 Å². The summed E-state index contributed by atoms with van der Waals surface area (Å²) in [6, 6.07) is 9.00. The molecule has 0 spiro atoms. The zero-order valence-corrected chi connectivity index (χ0v) is 12.4. The van der Waals surface area contributed by atoms with Crippen LogP contribution in [0.15, 0.2) is 36.5 Å². The third-order valence-electron chi connectivity index (χ3n) is 2.81. The Morgan fingerprint density at radius 2 is 2.19 bits per heavy atom. The summed E-state index contributed by atoms with van der Waals surface area (Å²) in [7, 11) is 0. The molecule has 1 aromatic carbocycles. The molecule has 2 aromatic rings. The Hall–Kier alpha value is -2.27. The van der Waals surface area contributed by atoms with Crippen molar-refractivity contribution < 1.29 is 9.53 Å². The molecule has 21 heavy (non-hydrogen) atoms. The van der Waals surface area contributed by atoms with Crippen molar-refractivity contribution in [2.24, 2.45) is 0 Å². The summed E-state index contributed by atoms with van der Waals surface area (Å²) >= 11 is 6.10. The predicted octanol–water partition coefficient (Wildman–Crippen LogP) is 3.11. The van der Waals surface area contributed by atoms with Crippen LogP contribution in [-0.2, 0) is 11.3 Å². The Balaban J connectivity index is 2.20. The maximum absolute atomic E-state index is 11.9. The first-order valence-electron chi connectivity index (χ1n) is 6.51. The number of carbonyl (C=O) groups excluding carboxylic acids is 1. The molecule has 6 heteroatoms. The number of aromatic nitrogens is 1. The van der Waals surface area contributed by atoms with Gasteiger partial charge in [0.05, 0.1) is 18.5 Å². The van der Waals surface area contributed by atoms with E-state index >= 15 is 0 Å². The topological polar surface area (TPSA) is 77.2 Å². The van der Waals surface area contributed by atoms with Crippen LogP contribution in [0.1, 0.15) is 22.8 Å². The van der Waals surface area contributed by atoms with Crippen molar-refractivity contribution in [3.05, 3.63) is 52.7 Å². The Kier molecular flexibility index (Phi) is 5.00. The van der Waals surface area contributed by atoms with Crippen LogP contribution in [0.5, 0.6) is 0 Å². The van der Waals surface area contributed by atoms with E-state index in [1.54, 1.807) is 19.1 Å². The Labute approximate surface area is 128 Å². The van der Waals surface area contributed by atoms with Gasteiger partial charge >= 0.3 is 5.97 Å². The van der Waals surface area contributed by atoms with Crippen molar-refractivity contribution in [3.63, 3.8) is 0 Å². The van der Waals surface area contributed by atoms with E-state index in [2.05, 4.69) is 10.3 Å². The number of nitrogens with two attached hydrogens (primary N) is 1. The van der Waals surface area contributed by atoms with Gasteiger partial charge in [-0.25, -0.2) is 9.78 Å². The monoisotopic (exact) mass is 305 g/mol. The maximum atomic E-state index is 11.9. The lowest BCUT2D eigenvalue weighted by molar-refractivity contribution is 0.0527. The van der Waals surface area contributed by atoms with E-state index in [1.807, 2.05) is 18.2 Å². The summed E-state index contributed by atoms with van der Waals surface area (Å²) in [5.41, 5.74) is 7.30. The molecule has 0 saturated heterocycles. The summed E-state index contributed by atoms with van der Waals surface area (Å²) in [5, 5.41) is 3.74. The van der Waals surface area contributed by atoms with Crippen LogP contribution in [0.25, 0.3) is 0 Å². The van der Waals surface area contributed by atoms with E-state index in [4.69, 9.17) is 22.1 Å². The van der Waals surface area contributed by atoms with Crippen molar-refractivity contribution >= 4 is 29.1 Å². The van der Waals surface area contributed by atoms with Crippen molar-refractivity contribution in [2.75, 3.05) is 17.7 Å². The highest BCUT2D eigenvalue weighted by Gasteiger charge is 2.14. The van der Waals surface area contributed by atoms with E-state index < -0.39 is 5.97 Å². The molecule has 5 nitrogen and oxygen atoms in total. The van der Waals surface area contributed by atoms with Crippen LogP contribution in [0, 0.1) is 0 Å². The largest absolute Gasteiger partial charge is 0.462 e. The number of ether oxygens (including phenoxy) is 1. The fraction of sp³-hybridized carbons (Fsp3) is 0.200. The van der Waals surface area contributed by atoms with Crippen molar-refractivity contribution in [2.45, 2.75) is 13.5 Å². The molecule has 0 amide bonds. The first kappa shape index (κ1) is 15.1. The third kappa shape index (κ3) is 3.86. The van der Waals surface area contributed by atoms with E-state index in [9.17, 15) is 4.79 Å². The molecule has 3 N–H and O–H groups in total. The van der Waals surface area contributed by atoms with Crippen LogP contribution in [0.2, 0.25) is 5.02 Å². The number of halogens is 1. The molecule has 0 aliphatic heterocycles. The van der Waals surface area contributed by atoms with Gasteiger partial charge < -0.3 is 15.8 Å².